The van der Waals surface area contributed by atoms with Crippen LogP contribution in [0, 0.1) is 0 Å². The Bertz CT molecular complexity index is 656. The lowest BCUT2D eigenvalue weighted by atomic mass is 10.1. The van der Waals surface area contributed by atoms with Crippen molar-refractivity contribution in [2.75, 3.05) is 12.9 Å². The Morgan fingerprint density at radius 2 is 2.10 bits per heavy atom. The van der Waals surface area contributed by atoms with Gasteiger partial charge in [0.15, 0.2) is 0 Å². The first-order valence-corrected chi connectivity index (χ1v) is 9.26. The fraction of sp³-hybridized carbons (Fsp3) is 0.357. The Balaban J connectivity index is 2.26. The molecular formula is C14H16Br2N2O2S. The molecule has 0 radical (unpaired) electrons. The van der Waals surface area contributed by atoms with Crippen molar-refractivity contribution < 1.29 is 9.90 Å². The monoisotopic (exact) mass is 434 g/mol. The highest BCUT2D eigenvalue weighted by molar-refractivity contribution is 9.13. The third kappa shape index (κ3) is 3.64. The highest BCUT2D eigenvalue weighted by Gasteiger charge is 2.20. The molecule has 7 heteroatoms. The van der Waals surface area contributed by atoms with Crippen LogP contribution in [0.3, 0.4) is 0 Å². The molecular weight excluding hydrogens is 420 g/mol. The normalized spacial score (nSPS) is 14.1. The first-order valence-electron chi connectivity index (χ1n) is 6.38. The molecule has 114 valence electrons. The van der Waals surface area contributed by atoms with Gasteiger partial charge in [-0.2, -0.15) is 11.8 Å². The van der Waals surface area contributed by atoms with Crippen molar-refractivity contribution in [3.8, 4) is 0 Å². The summed E-state index contributed by atoms with van der Waals surface area (Å²) in [5, 5.41) is 13.1. The third-order valence-corrected chi connectivity index (χ3v) is 6.37. The van der Waals surface area contributed by atoms with Crippen LogP contribution in [0.2, 0.25) is 0 Å². The lowest BCUT2D eigenvalue weighted by molar-refractivity contribution is 0.0937. The summed E-state index contributed by atoms with van der Waals surface area (Å²) in [4.78, 5) is 15.5. The number of amides is 1. The fourth-order valence-corrected chi connectivity index (χ4v) is 3.43. The molecule has 1 aromatic heterocycles. The van der Waals surface area contributed by atoms with Gasteiger partial charge in [-0.1, -0.05) is 0 Å². The predicted molar refractivity (Wildman–Crippen MR) is 95.0 cm³/mol. The summed E-state index contributed by atoms with van der Waals surface area (Å²) < 4.78 is 1.83. The molecule has 3 N–H and O–H groups in total. The number of benzene rings is 1. The molecule has 0 saturated carbocycles. The summed E-state index contributed by atoms with van der Waals surface area (Å²) in [5.74, 6) is -0.143. The van der Waals surface area contributed by atoms with Gasteiger partial charge in [0.25, 0.3) is 5.91 Å². The lowest BCUT2D eigenvalue weighted by Crippen LogP contribution is -2.41. The number of hydrogen-bond donors (Lipinski definition) is 3. The maximum Gasteiger partial charge on any atom is 0.253 e. The maximum absolute atomic E-state index is 12.4. The van der Waals surface area contributed by atoms with E-state index < -0.39 is 0 Å². The first-order chi connectivity index (χ1) is 9.97. The number of hydrogen-bond acceptors (Lipinski definition) is 3. The smallest absolute Gasteiger partial charge is 0.253 e. The van der Waals surface area contributed by atoms with E-state index in [9.17, 15) is 9.90 Å². The zero-order chi connectivity index (χ0) is 15.6. The molecule has 2 rings (SSSR count). The SMILES string of the molecule is CSC(CO)C(C)NC(=O)c1c[nH]c2cc(Br)c(Br)cc12. The number of aromatic nitrogens is 1. The van der Waals surface area contributed by atoms with E-state index in [2.05, 4.69) is 42.2 Å². The average molecular weight is 436 g/mol. The van der Waals surface area contributed by atoms with Crippen LogP contribution in [0.25, 0.3) is 10.9 Å². The number of halogens is 2. The van der Waals surface area contributed by atoms with Crippen LogP contribution >= 0.6 is 43.6 Å². The highest BCUT2D eigenvalue weighted by atomic mass is 79.9. The summed E-state index contributed by atoms with van der Waals surface area (Å²) in [6.45, 7) is 1.94. The predicted octanol–water partition coefficient (Wildman–Crippen LogP) is 3.54. The Labute approximate surface area is 144 Å². The van der Waals surface area contributed by atoms with Crippen LogP contribution < -0.4 is 5.32 Å². The summed E-state index contributed by atoms with van der Waals surface area (Å²) >= 11 is 8.43. The maximum atomic E-state index is 12.4. The topological polar surface area (TPSA) is 65.1 Å². The van der Waals surface area contributed by atoms with Gasteiger partial charge < -0.3 is 15.4 Å². The standard InChI is InChI=1S/C14H16Br2N2O2S/c1-7(13(6-19)21-2)18-14(20)9-5-17-12-4-11(16)10(15)3-8(9)12/h3-5,7,13,17,19H,6H2,1-2H3,(H,18,20). The lowest BCUT2D eigenvalue weighted by Gasteiger charge is -2.21. The van der Waals surface area contributed by atoms with E-state index in [1.807, 2.05) is 25.3 Å². The summed E-state index contributed by atoms with van der Waals surface area (Å²) in [6, 6.07) is 3.73. The van der Waals surface area contributed by atoms with Crippen LogP contribution in [-0.4, -0.2) is 40.2 Å². The van der Waals surface area contributed by atoms with Gasteiger partial charge in [-0.25, -0.2) is 0 Å². The number of rotatable bonds is 5. The molecule has 1 aromatic carbocycles. The van der Waals surface area contributed by atoms with Crippen LogP contribution in [0.4, 0.5) is 0 Å². The molecule has 0 aliphatic heterocycles. The van der Waals surface area contributed by atoms with E-state index in [4.69, 9.17) is 0 Å². The third-order valence-electron chi connectivity index (χ3n) is 3.37. The highest BCUT2D eigenvalue weighted by Crippen LogP contribution is 2.30. The van der Waals surface area contributed by atoms with Crippen molar-refractivity contribution in [1.29, 1.82) is 0 Å². The van der Waals surface area contributed by atoms with E-state index in [1.165, 1.54) is 11.8 Å². The van der Waals surface area contributed by atoms with Gasteiger partial charge >= 0.3 is 0 Å². The van der Waals surface area contributed by atoms with Crippen molar-refractivity contribution in [3.05, 3.63) is 32.8 Å². The molecule has 0 spiro atoms. The van der Waals surface area contributed by atoms with Crippen molar-refractivity contribution in [2.45, 2.75) is 18.2 Å². The first kappa shape index (κ1) is 16.9. The van der Waals surface area contributed by atoms with E-state index >= 15 is 0 Å². The molecule has 2 aromatic rings. The molecule has 2 atom stereocenters. The van der Waals surface area contributed by atoms with Gasteiger partial charge in [-0.3, -0.25) is 4.79 Å². The quantitative estimate of drug-likeness (QED) is 0.672. The second-order valence-corrected chi connectivity index (χ2v) is 7.52. The minimum Gasteiger partial charge on any atom is -0.395 e. The zero-order valence-electron chi connectivity index (χ0n) is 11.6. The number of H-pyrrole nitrogens is 1. The summed E-state index contributed by atoms with van der Waals surface area (Å²) in [7, 11) is 0. The van der Waals surface area contributed by atoms with Gasteiger partial charge in [0.2, 0.25) is 0 Å². The second-order valence-electron chi connectivity index (χ2n) is 4.73. The van der Waals surface area contributed by atoms with Gasteiger partial charge in [-0.05, 0) is 57.2 Å². The number of thioether (sulfide) groups is 1. The Morgan fingerprint density at radius 1 is 1.43 bits per heavy atom. The van der Waals surface area contributed by atoms with Crippen molar-refractivity contribution in [1.82, 2.24) is 10.3 Å². The number of aliphatic hydroxyl groups excluding tert-OH is 1. The summed E-state index contributed by atoms with van der Waals surface area (Å²) in [5.41, 5.74) is 1.49. The molecule has 0 saturated heterocycles. The number of aromatic amines is 1. The molecule has 1 heterocycles. The number of nitrogens with one attached hydrogen (secondary N) is 2. The van der Waals surface area contributed by atoms with Crippen LogP contribution in [0.5, 0.6) is 0 Å². The Kier molecular flexibility index (Phi) is 5.76. The van der Waals surface area contributed by atoms with E-state index in [1.54, 1.807) is 6.20 Å². The molecule has 1 amide bonds. The number of carbonyl (C=O) groups is 1. The van der Waals surface area contributed by atoms with E-state index in [0.717, 1.165) is 19.8 Å². The minimum atomic E-state index is -0.143. The fourth-order valence-electron chi connectivity index (χ4n) is 2.12. The molecule has 21 heavy (non-hydrogen) atoms. The van der Waals surface area contributed by atoms with Crippen molar-refractivity contribution in [2.24, 2.45) is 0 Å². The van der Waals surface area contributed by atoms with E-state index in [0.29, 0.717) is 5.56 Å². The number of carbonyl (C=O) groups excluding carboxylic acids is 1. The van der Waals surface area contributed by atoms with Crippen molar-refractivity contribution >= 4 is 60.4 Å². The Morgan fingerprint density at radius 3 is 2.71 bits per heavy atom. The minimum absolute atomic E-state index is 0.0139. The largest absolute Gasteiger partial charge is 0.395 e. The van der Waals surface area contributed by atoms with Gasteiger partial charge in [0.1, 0.15) is 0 Å². The zero-order valence-corrected chi connectivity index (χ0v) is 15.6. The van der Waals surface area contributed by atoms with Crippen LogP contribution in [0.15, 0.2) is 27.3 Å². The van der Waals surface area contributed by atoms with Crippen LogP contribution in [-0.2, 0) is 0 Å². The molecule has 2 unspecified atom stereocenters. The van der Waals surface area contributed by atoms with Crippen molar-refractivity contribution in [3.63, 3.8) is 0 Å². The molecule has 0 bridgehead atoms. The molecule has 0 aliphatic carbocycles. The van der Waals surface area contributed by atoms with E-state index in [-0.39, 0.29) is 23.8 Å². The Hall–Kier alpha value is -0.500. The number of fused-ring (bicyclic) bond motifs is 1. The molecule has 4 nitrogen and oxygen atoms in total. The van der Waals surface area contributed by atoms with Crippen LogP contribution in [0.1, 0.15) is 17.3 Å². The number of aliphatic hydroxyl groups is 1. The molecule has 0 aliphatic rings. The summed E-state index contributed by atoms with van der Waals surface area (Å²) in [6.07, 6.45) is 3.63. The molecule has 0 fully saturated rings. The second kappa shape index (κ2) is 7.17. The average Bonchev–Trinajstić information content (AvgIpc) is 2.83. The van der Waals surface area contributed by atoms with Gasteiger partial charge in [0.05, 0.1) is 12.2 Å². The van der Waals surface area contributed by atoms with Gasteiger partial charge in [-0.15, -0.1) is 0 Å². The van der Waals surface area contributed by atoms with Gasteiger partial charge in [0, 0.05) is 37.3 Å².